The second-order valence-corrected chi connectivity index (χ2v) is 14.3. The number of alkyl halides is 9. The number of phenols is 1. The van der Waals surface area contributed by atoms with Crippen LogP contribution in [0.1, 0.15) is 11.1 Å². The average Bonchev–Trinajstić information content (AvgIpc) is 2.73. The molecule has 0 aliphatic carbocycles. The summed E-state index contributed by atoms with van der Waals surface area (Å²) in [5.74, 6) is 2.46. The summed E-state index contributed by atoms with van der Waals surface area (Å²) in [6.07, 6.45) is 0. The average molecular weight is 643 g/mol. The Hall–Kier alpha value is -2.19. The Morgan fingerprint density at radius 1 is 0.579 bits per heavy atom. The lowest BCUT2D eigenvalue weighted by Gasteiger charge is -2.31. The van der Waals surface area contributed by atoms with E-state index in [4.69, 9.17) is 5.11 Å². The molecule has 0 radical (unpaired) electrons. The molecule has 0 heterocycles. The van der Waals surface area contributed by atoms with Gasteiger partial charge in [-0.1, -0.05) is 42.5 Å². The molecule has 38 heavy (non-hydrogen) atoms. The molecule has 0 atom stereocenters. The highest BCUT2D eigenvalue weighted by atomic mass is 32.3. The smallest absolute Gasteiger partial charge is 0.470 e. The van der Waals surface area contributed by atoms with E-state index in [1.54, 1.807) is 12.1 Å². The molecule has 0 unspecified atom stereocenters. The largest absolute Gasteiger partial charge is 0.508 e. The standard InChI is InChI=1S/C14H14OS.C4F9O6S3/c15-14-8-6-13(7-9-14)11-16-10-12-4-2-1-3-5-12;5-2(6,7)20(14,15)1(21(16,17)3(8,9)10)22(18,19)4(11,12)13/h1-9,15H,10-11H2;/q;-1/p+1. The van der Waals surface area contributed by atoms with Gasteiger partial charge in [0.05, 0.1) is 3.91 Å². The Morgan fingerprint density at radius 2 is 0.895 bits per heavy atom. The minimum atomic E-state index is -8.02. The Labute approximate surface area is 214 Å². The van der Waals surface area contributed by atoms with E-state index in [1.807, 2.05) is 18.2 Å². The van der Waals surface area contributed by atoms with Gasteiger partial charge in [0.1, 0.15) is 17.3 Å². The number of benzene rings is 2. The van der Waals surface area contributed by atoms with E-state index >= 15 is 0 Å². The summed E-state index contributed by atoms with van der Waals surface area (Å²) in [6, 6.07) is 18.0. The summed E-state index contributed by atoms with van der Waals surface area (Å²) < 4.78 is 167. The van der Waals surface area contributed by atoms with E-state index in [-0.39, 0.29) is 0 Å². The van der Waals surface area contributed by atoms with Gasteiger partial charge in [-0.25, -0.2) is 0 Å². The number of hydrogen-bond donors (Lipinski definition) is 1. The molecule has 7 nitrogen and oxygen atoms in total. The third-order valence-corrected chi connectivity index (χ3v) is 12.2. The van der Waals surface area contributed by atoms with Crippen molar-refractivity contribution in [3.8, 4) is 5.75 Å². The molecule has 2 rings (SSSR count). The minimum Gasteiger partial charge on any atom is -0.508 e. The molecule has 0 aromatic heterocycles. The highest BCUT2D eigenvalue weighted by Gasteiger charge is 2.63. The highest BCUT2D eigenvalue weighted by Crippen LogP contribution is 2.47. The van der Waals surface area contributed by atoms with Crippen molar-refractivity contribution in [1.82, 2.24) is 0 Å². The predicted molar refractivity (Wildman–Crippen MR) is 119 cm³/mol. The second-order valence-electron chi connectivity index (χ2n) is 6.79. The summed E-state index contributed by atoms with van der Waals surface area (Å²) in [5.41, 5.74) is -18.5. The summed E-state index contributed by atoms with van der Waals surface area (Å²) in [5, 5.41) is 9.16. The van der Waals surface area contributed by atoms with Crippen LogP contribution in [-0.4, -0.2) is 46.9 Å². The monoisotopic (exact) mass is 642 g/mol. The minimum absolute atomic E-state index is 0.337. The molecule has 20 heteroatoms. The molecule has 0 aliphatic heterocycles. The molecule has 0 saturated carbocycles. The summed E-state index contributed by atoms with van der Waals surface area (Å²) >= 11 is 1.39. The third kappa shape index (κ3) is 8.15. The first-order chi connectivity index (χ1) is 17.0. The van der Waals surface area contributed by atoms with Crippen LogP contribution in [0.4, 0.5) is 39.5 Å². The molecule has 0 aliphatic rings. The van der Waals surface area contributed by atoms with Crippen LogP contribution >= 0.6 is 0 Å². The molecular formula is C18H15F9O7S4. The number of hydrogen-bond acceptors (Lipinski definition) is 7. The van der Waals surface area contributed by atoms with Crippen molar-refractivity contribution in [2.75, 3.05) is 0 Å². The van der Waals surface area contributed by atoms with Gasteiger partial charge in [-0.2, -0.15) is 39.5 Å². The van der Waals surface area contributed by atoms with Crippen molar-refractivity contribution in [3.05, 3.63) is 69.6 Å². The second kappa shape index (κ2) is 11.9. The Bertz CT molecular complexity index is 1280. The maximum absolute atomic E-state index is 12.0. The van der Waals surface area contributed by atoms with Gasteiger partial charge >= 0.3 is 16.5 Å². The lowest BCUT2D eigenvalue weighted by molar-refractivity contribution is -0.0471. The fourth-order valence-corrected chi connectivity index (χ4v) is 9.00. The molecule has 2 aromatic carbocycles. The number of thiol groups is 1. The molecule has 0 amide bonds. The first-order valence-electron chi connectivity index (χ1n) is 9.22. The first kappa shape index (κ1) is 33.8. The molecule has 0 spiro atoms. The van der Waals surface area contributed by atoms with Crippen molar-refractivity contribution in [2.45, 2.75) is 28.0 Å². The van der Waals surface area contributed by atoms with Crippen molar-refractivity contribution < 1.29 is 69.9 Å². The zero-order valence-electron chi connectivity index (χ0n) is 18.1. The molecule has 0 fully saturated rings. The number of aromatic hydroxyl groups is 1. The summed E-state index contributed by atoms with van der Waals surface area (Å²) in [6.45, 7) is 0. The quantitative estimate of drug-likeness (QED) is 0.209. The van der Waals surface area contributed by atoms with E-state index in [9.17, 15) is 64.8 Å². The lowest BCUT2D eigenvalue weighted by Crippen LogP contribution is -2.47. The first-order valence-corrected chi connectivity index (χ1v) is 14.9. The zero-order valence-corrected chi connectivity index (χ0v) is 21.4. The van der Waals surface area contributed by atoms with E-state index in [2.05, 4.69) is 24.3 Å². The maximum atomic E-state index is 12.0. The summed E-state index contributed by atoms with van der Waals surface area (Å²) in [7, 11) is -24.1. The van der Waals surface area contributed by atoms with Crippen LogP contribution in [0.25, 0.3) is 0 Å². The van der Waals surface area contributed by atoms with Crippen LogP contribution < -0.4 is 0 Å². The van der Waals surface area contributed by atoms with Gasteiger partial charge in [-0.15, -0.1) is 0 Å². The van der Waals surface area contributed by atoms with Crippen molar-refractivity contribution >= 4 is 41.3 Å². The maximum Gasteiger partial charge on any atom is 0.470 e. The SMILES string of the molecule is O=S(=O)([C-](S(=O)(=O)C(F)(F)F)S(=O)(=O)C(F)(F)F)C(F)(F)F.Oc1ccc(C[SH+]Cc2ccccc2)cc1. The molecular weight excluding hydrogens is 627 g/mol. The fraction of sp³-hybridized carbons (Fsp3) is 0.278. The van der Waals surface area contributed by atoms with Gasteiger partial charge in [0.15, 0.2) is 29.5 Å². The molecule has 216 valence electrons. The van der Waals surface area contributed by atoms with Gasteiger partial charge < -0.3 is 5.11 Å². The Kier molecular flexibility index (Phi) is 10.6. The fourth-order valence-electron chi connectivity index (χ4n) is 2.22. The van der Waals surface area contributed by atoms with Crippen molar-refractivity contribution in [2.24, 2.45) is 0 Å². The summed E-state index contributed by atoms with van der Waals surface area (Å²) in [4.78, 5) is 0. The van der Waals surface area contributed by atoms with Gasteiger partial charge in [0, 0.05) is 11.1 Å². The number of halogens is 9. The third-order valence-electron chi connectivity index (χ3n) is 3.94. The number of sulfone groups is 3. The number of rotatable bonds is 7. The van der Waals surface area contributed by atoms with Crippen LogP contribution in [0.15, 0.2) is 54.6 Å². The van der Waals surface area contributed by atoms with E-state index in [0.29, 0.717) is 5.75 Å². The van der Waals surface area contributed by atoms with Crippen molar-refractivity contribution in [3.63, 3.8) is 0 Å². The van der Waals surface area contributed by atoms with Crippen LogP contribution in [0.2, 0.25) is 0 Å². The van der Waals surface area contributed by atoms with Gasteiger partial charge in [-0.05, 0) is 23.9 Å². The van der Waals surface area contributed by atoms with Gasteiger partial charge in [-0.3, -0.25) is 25.3 Å². The Morgan fingerprint density at radius 3 is 1.21 bits per heavy atom. The van der Waals surface area contributed by atoms with Crippen molar-refractivity contribution in [1.29, 1.82) is 0 Å². The molecule has 0 bridgehead atoms. The number of phenolic OH excluding ortho intramolecular Hbond substituents is 1. The van der Waals surface area contributed by atoms with Crippen LogP contribution in [-0.2, 0) is 52.8 Å². The predicted octanol–water partition coefficient (Wildman–Crippen LogP) is 4.14. The van der Waals surface area contributed by atoms with E-state index in [0.717, 1.165) is 11.5 Å². The van der Waals surface area contributed by atoms with Crippen LogP contribution in [0, 0.1) is 3.91 Å². The van der Waals surface area contributed by atoms with Crippen LogP contribution in [0.5, 0.6) is 5.75 Å². The Balaban J connectivity index is 0.000000396. The molecule has 0 saturated heterocycles. The van der Waals surface area contributed by atoms with E-state index in [1.165, 1.54) is 22.9 Å². The van der Waals surface area contributed by atoms with E-state index < -0.39 is 50.0 Å². The van der Waals surface area contributed by atoms with Gasteiger partial charge in [0.25, 0.3) is 0 Å². The molecule has 2 aromatic rings. The highest BCUT2D eigenvalue weighted by molar-refractivity contribution is 8.29. The molecule has 1 N–H and O–H groups in total. The normalized spacial score (nSPS) is 13.6. The zero-order chi connectivity index (χ0) is 29.8. The lowest BCUT2D eigenvalue weighted by atomic mass is 10.2. The van der Waals surface area contributed by atoms with Gasteiger partial charge in [0.2, 0.25) is 0 Å². The topological polar surface area (TPSA) is 123 Å². The van der Waals surface area contributed by atoms with Crippen LogP contribution in [0.3, 0.4) is 0 Å².